The molecule has 1 spiro atoms. The van der Waals surface area contributed by atoms with Gasteiger partial charge in [-0.3, -0.25) is 0 Å². The normalized spacial score (nSPS) is 40.4. The van der Waals surface area contributed by atoms with Crippen molar-refractivity contribution in [2.45, 2.75) is 64.0 Å². The van der Waals surface area contributed by atoms with E-state index in [9.17, 15) is 13.2 Å². The van der Waals surface area contributed by atoms with Gasteiger partial charge in [0.2, 0.25) is 0 Å². The van der Waals surface area contributed by atoms with Gasteiger partial charge in [-0.1, -0.05) is 32.1 Å². The average molecular weight is 289 g/mol. The molecule has 1 aliphatic heterocycles. The molecule has 1 heterocycles. The Bertz CT molecular complexity index is 331. The largest absolute Gasteiger partial charge is 0.391 e. The molecule has 3 rings (SSSR count). The van der Waals surface area contributed by atoms with Crippen LogP contribution in [0.5, 0.6) is 0 Å². The van der Waals surface area contributed by atoms with Crippen LogP contribution in [0.4, 0.5) is 13.2 Å². The summed E-state index contributed by atoms with van der Waals surface area (Å²) < 4.78 is 39.5. The number of rotatable bonds is 1. The Kier molecular flexibility index (Phi) is 4.04. The van der Waals surface area contributed by atoms with E-state index in [1.54, 1.807) is 0 Å². The third kappa shape index (κ3) is 2.72. The molecule has 3 aliphatic rings. The fourth-order valence-corrected chi connectivity index (χ4v) is 5.26. The smallest absolute Gasteiger partial charge is 0.316 e. The third-order valence-electron chi connectivity index (χ3n) is 6.26. The molecule has 0 bridgehead atoms. The number of piperidine rings is 1. The molecule has 1 saturated heterocycles. The molecule has 3 atom stereocenters. The second-order valence-electron chi connectivity index (χ2n) is 7.30. The lowest BCUT2D eigenvalue weighted by Gasteiger charge is -2.51. The van der Waals surface area contributed by atoms with Crippen LogP contribution in [0.2, 0.25) is 0 Å². The van der Waals surface area contributed by atoms with Crippen molar-refractivity contribution in [2.24, 2.45) is 23.2 Å². The van der Waals surface area contributed by atoms with Crippen molar-refractivity contribution >= 4 is 0 Å². The summed E-state index contributed by atoms with van der Waals surface area (Å²) in [4.78, 5) is 0. The SMILES string of the molecule is FC(F)(F)C1CCCC2(CCNCC2C2CCCC2)C1. The van der Waals surface area contributed by atoms with Crippen molar-refractivity contribution < 1.29 is 13.2 Å². The molecule has 0 aromatic rings. The lowest BCUT2D eigenvalue weighted by Crippen LogP contribution is -2.51. The third-order valence-corrected chi connectivity index (χ3v) is 6.26. The number of nitrogens with one attached hydrogen (secondary N) is 1. The summed E-state index contributed by atoms with van der Waals surface area (Å²) in [5.41, 5.74) is -0.0152. The van der Waals surface area contributed by atoms with Crippen molar-refractivity contribution in [2.75, 3.05) is 13.1 Å². The van der Waals surface area contributed by atoms with Crippen molar-refractivity contribution in [1.29, 1.82) is 0 Å². The highest BCUT2D eigenvalue weighted by Gasteiger charge is 2.52. The second kappa shape index (κ2) is 5.51. The van der Waals surface area contributed by atoms with Crippen molar-refractivity contribution in [3.8, 4) is 0 Å². The number of alkyl halides is 3. The molecule has 0 amide bonds. The molecular formula is C16H26F3N. The molecule has 3 unspecified atom stereocenters. The molecule has 0 aromatic heterocycles. The lowest BCUT2D eigenvalue weighted by molar-refractivity contribution is -0.199. The standard InChI is InChI=1S/C16H26F3N/c17-16(18,19)13-6-3-7-15(10-13)8-9-20-11-14(15)12-4-1-2-5-12/h12-14,20H,1-11H2. The zero-order valence-corrected chi connectivity index (χ0v) is 12.1. The summed E-state index contributed by atoms with van der Waals surface area (Å²) in [6.45, 7) is 1.86. The van der Waals surface area contributed by atoms with Gasteiger partial charge in [-0.2, -0.15) is 13.2 Å². The van der Waals surface area contributed by atoms with E-state index < -0.39 is 12.1 Å². The van der Waals surface area contributed by atoms with Gasteiger partial charge in [0.25, 0.3) is 0 Å². The van der Waals surface area contributed by atoms with Crippen LogP contribution in [0.25, 0.3) is 0 Å². The Labute approximate surface area is 119 Å². The Balaban J connectivity index is 1.79. The van der Waals surface area contributed by atoms with Crippen LogP contribution in [0.15, 0.2) is 0 Å². The minimum absolute atomic E-state index is 0.0152. The molecule has 20 heavy (non-hydrogen) atoms. The summed E-state index contributed by atoms with van der Waals surface area (Å²) in [5, 5.41) is 3.46. The first kappa shape index (κ1) is 14.7. The molecule has 0 aromatic carbocycles. The van der Waals surface area contributed by atoms with E-state index >= 15 is 0 Å². The van der Waals surface area contributed by atoms with Gasteiger partial charge in [-0.15, -0.1) is 0 Å². The topological polar surface area (TPSA) is 12.0 Å². The summed E-state index contributed by atoms with van der Waals surface area (Å²) in [6, 6.07) is 0. The maximum Gasteiger partial charge on any atom is 0.391 e. The van der Waals surface area contributed by atoms with Crippen LogP contribution < -0.4 is 5.32 Å². The second-order valence-corrected chi connectivity index (χ2v) is 7.30. The van der Waals surface area contributed by atoms with Crippen LogP contribution in [0.1, 0.15) is 57.8 Å². The first-order chi connectivity index (χ1) is 9.51. The van der Waals surface area contributed by atoms with Gasteiger partial charge in [0.15, 0.2) is 0 Å². The molecule has 0 radical (unpaired) electrons. The van der Waals surface area contributed by atoms with Gasteiger partial charge in [0, 0.05) is 0 Å². The van der Waals surface area contributed by atoms with E-state index in [0.717, 1.165) is 32.4 Å². The van der Waals surface area contributed by atoms with Crippen molar-refractivity contribution in [1.82, 2.24) is 5.32 Å². The van der Waals surface area contributed by atoms with E-state index in [4.69, 9.17) is 0 Å². The highest BCUT2D eigenvalue weighted by atomic mass is 19.4. The predicted octanol–water partition coefficient (Wildman–Crippen LogP) is 4.53. The van der Waals surface area contributed by atoms with E-state index in [-0.39, 0.29) is 5.41 Å². The Morgan fingerprint density at radius 3 is 2.40 bits per heavy atom. The fourth-order valence-electron chi connectivity index (χ4n) is 5.26. The lowest BCUT2D eigenvalue weighted by atomic mass is 9.56. The average Bonchev–Trinajstić information content (AvgIpc) is 2.92. The minimum atomic E-state index is -3.99. The summed E-state index contributed by atoms with van der Waals surface area (Å²) >= 11 is 0. The molecule has 1 nitrogen and oxygen atoms in total. The maximum absolute atomic E-state index is 13.2. The zero-order chi connectivity index (χ0) is 14.2. The Hall–Kier alpha value is -0.250. The number of hydrogen-bond acceptors (Lipinski definition) is 1. The molecule has 2 saturated carbocycles. The van der Waals surface area contributed by atoms with Crippen LogP contribution in [0, 0.1) is 23.2 Å². The van der Waals surface area contributed by atoms with Gasteiger partial charge in [0.1, 0.15) is 0 Å². The van der Waals surface area contributed by atoms with Crippen LogP contribution in [-0.2, 0) is 0 Å². The number of halogens is 3. The van der Waals surface area contributed by atoms with E-state index in [0.29, 0.717) is 24.7 Å². The van der Waals surface area contributed by atoms with Crippen molar-refractivity contribution in [3.05, 3.63) is 0 Å². The Morgan fingerprint density at radius 1 is 0.950 bits per heavy atom. The predicted molar refractivity (Wildman–Crippen MR) is 73.4 cm³/mol. The first-order valence-electron chi connectivity index (χ1n) is 8.29. The van der Waals surface area contributed by atoms with Crippen LogP contribution in [0.3, 0.4) is 0 Å². The molecule has 116 valence electrons. The highest BCUT2D eigenvalue weighted by molar-refractivity contribution is 4.99. The van der Waals surface area contributed by atoms with Gasteiger partial charge in [-0.25, -0.2) is 0 Å². The quantitative estimate of drug-likeness (QED) is 0.748. The van der Waals surface area contributed by atoms with E-state index in [1.807, 2.05) is 0 Å². The van der Waals surface area contributed by atoms with Crippen LogP contribution >= 0.6 is 0 Å². The van der Waals surface area contributed by atoms with Crippen LogP contribution in [-0.4, -0.2) is 19.3 Å². The minimum Gasteiger partial charge on any atom is -0.316 e. The van der Waals surface area contributed by atoms with Gasteiger partial charge >= 0.3 is 6.18 Å². The molecule has 2 aliphatic carbocycles. The molecule has 4 heteroatoms. The molecular weight excluding hydrogens is 263 g/mol. The van der Waals surface area contributed by atoms with E-state index in [2.05, 4.69) is 5.32 Å². The summed E-state index contributed by atoms with van der Waals surface area (Å²) in [5.74, 6) is 0.122. The number of hydrogen-bond donors (Lipinski definition) is 1. The van der Waals surface area contributed by atoms with Crippen molar-refractivity contribution in [3.63, 3.8) is 0 Å². The van der Waals surface area contributed by atoms with Gasteiger partial charge in [0.05, 0.1) is 5.92 Å². The first-order valence-corrected chi connectivity index (χ1v) is 8.29. The fraction of sp³-hybridized carbons (Fsp3) is 1.00. The maximum atomic E-state index is 13.2. The van der Waals surface area contributed by atoms with Gasteiger partial charge in [-0.05, 0) is 56.0 Å². The molecule has 3 fully saturated rings. The molecule has 1 N–H and O–H groups in total. The monoisotopic (exact) mass is 289 g/mol. The van der Waals surface area contributed by atoms with E-state index in [1.165, 1.54) is 25.7 Å². The van der Waals surface area contributed by atoms with Gasteiger partial charge < -0.3 is 5.32 Å². The summed E-state index contributed by atoms with van der Waals surface area (Å²) in [7, 11) is 0. The zero-order valence-electron chi connectivity index (χ0n) is 12.1. The summed E-state index contributed by atoms with van der Waals surface area (Å²) in [6.07, 6.45) is 4.57. The Morgan fingerprint density at radius 2 is 1.70 bits per heavy atom. The highest BCUT2D eigenvalue weighted by Crippen LogP contribution is 2.55.